The lowest BCUT2D eigenvalue weighted by Crippen LogP contribution is -2.27. The van der Waals surface area contributed by atoms with Crippen LogP contribution in [0.25, 0.3) is 11.8 Å². The fourth-order valence-corrected chi connectivity index (χ4v) is 4.19. The average Bonchev–Trinajstić information content (AvgIpc) is 3.34. The molecular formula is C24H20N4O2S. The third-order valence-corrected chi connectivity index (χ3v) is 5.95. The lowest BCUT2D eigenvalue weighted by molar-refractivity contribution is -0.123. The van der Waals surface area contributed by atoms with E-state index in [1.807, 2.05) is 66.2 Å². The smallest absolute Gasteiger partial charge is 0.293 e. The topological polar surface area (TPSA) is 69.3 Å². The first kappa shape index (κ1) is 20.5. The summed E-state index contributed by atoms with van der Waals surface area (Å²) in [6.07, 6.45) is 3.66. The van der Waals surface area contributed by atoms with Gasteiger partial charge in [-0.2, -0.15) is 5.26 Å². The predicted octanol–water partition coefficient (Wildman–Crippen LogP) is 4.65. The molecule has 2 heterocycles. The number of amides is 2. The van der Waals surface area contributed by atoms with Gasteiger partial charge in [0.15, 0.2) is 0 Å². The normalized spacial score (nSPS) is 14.9. The Hall–Kier alpha value is -3.76. The van der Waals surface area contributed by atoms with E-state index in [1.54, 1.807) is 30.3 Å². The summed E-state index contributed by atoms with van der Waals surface area (Å²) < 4.78 is 1.97. The molecular weight excluding hydrogens is 408 g/mol. The number of anilines is 1. The van der Waals surface area contributed by atoms with E-state index in [9.17, 15) is 14.9 Å². The van der Waals surface area contributed by atoms with Gasteiger partial charge in [-0.25, -0.2) is 0 Å². The zero-order valence-electron chi connectivity index (χ0n) is 17.1. The van der Waals surface area contributed by atoms with Crippen molar-refractivity contribution in [3.8, 4) is 11.8 Å². The molecule has 3 aromatic rings. The second-order valence-electron chi connectivity index (χ2n) is 7.25. The minimum atomic E-state index is -0.349. The van der Waals surface area contributed by atoms with E-state index in [1.165, 1.54) is 4.90 Å². The Morgan fingerprint density at radius 1 is 1.03 bits per heavy atom. The van der Waals surface area contributed by atoms with E-state index in [-0.39, 0.29) is 17.7 Å². The number of hydrogen-bond donors (Lipinski definition) is 0. The molecule has 31 heavy (non-hydrogen) atoms. The van der Waals surface area contributed by atoms with Crippen molar-refractivity contribution in [1.82, 2.24) is 9.47 Å². The monoisotopic (exact) mass is 428 g/mol. The number of benzene rings is 2. The van der Waals surface area contributed by atoms with Gasteiger partial charge in [0.1, 0.15) is 0 Å². The molecule has 1 aliphatic rings. The van der Waals surface area contributed by atoms with Gasteiger partial charge in [-0.15, -0.1) is 0 Å². The van der Waals surface area contributed by atoms with Crippen LogP contribution in [-0.2, 0) is 11.3 Å². The van der Waals surface area contributed by atoms with Crippen molar-refractivity contribution >= 4 is 34.7 Å². The first-order valence-electron chi connectivity index (χ1n) is 9.66. The van der Waals surface area contributed by atoms with Gasteiger partial charge in [-0.1, -0.05) is 18.2 Å². The second-order valence-corrected chi connectivity index (χ2v) is 8.24. The molecule has 2 amide bonds. The van der Waals surface area contributed by atoms with E-state index in [2.05, 4.69) is 6.07 Å². The van der Waals surface area contributed by atoms with Gasteiger partial charge in [0.2, 0.25) is 0 Å². The summed E-state index contributed by atoms with van der Waals surface area (Å²) in [7, 11) is 3.97. The summed E-state index contributed by atoms with van der Waals surface area (Å²) in [5, 5.41) is 8.94. The maximum atomic E-state index is 12.9. The van der Waals surface area contributed by atoms with Crippen molar-refractivity contribution in [1.29, 1.82) is 5.26 Å². The molecule has 2 aromatic carbocycles. The lowest BCUT2D eigenvalue weighted by Gasteiger charge is -2.14. The molecule has 0 bridgehead atoms. The number of nitrogens with zero attached hydrogens (tertiary/aromatic N) is 4. The molecule has 0 spiro atoms. The maximum absolute atomic E-state index is 12.9. The molecule has 0 saturated carbocycles. The molecule has 1 aliphatic heterocycles. The Morgan fingerprint density at radius 2 is 1.77 bits per heavy atom. The molecule has 6 nitrogen and oxygen atoms in total. The molecule has 1 aromatic heterocycles. The van der Waals surface area contributed by atoms with Gasteiger partial charge in [0.25, 0.3) is 11.1 Å². The van der Waals surface area contributed by atoms with E-state index >= 15 is 0 Å². The van der Waals surface area contributed by atoms with Crippen LogP contribution in [0.4, 0.5) is 10.5 Å². The predicted molar refractivity (Wildman–Crippen MR) is 123 cm³/mol. The Balaban J connectivity index is 1.59. The van der Waals surface area contributed by atoms with Crippen LogP contribution in [0.15, 0.2) is 71.8 Å². The van der Waals surface area contributed by atoms with Gasteiger partial charge >= 0.3 is 0 Å². The van der Waals surface area contributed by atoms with E-state index in [4.69, 9.17) is 0 Å². The van der Waals surface area contributed by atoms with Crippen molar-refractivity contribution in [3.63, 3.8) is 0 Å². The number of hydrogen-bond acceptors (Lipinski definition) is 5. The third-order valence-electron chi connectivity index (χ3n) is 5.04. The number of thioether (sulfide) groups is 1. The fraction of sp³-hybridized carbons (Fsp3) is 0.125. The number of imide groups is 1. The number of rotatable bonds is 5. The van der Waals surface area contributed by atoms with E-state index in [0.717, 1.165) is 28.8 Å². The van der Waals surface area contributed by atoms with Gasteiger partial charge in [0, 0.05) is 37.4 Å². The molecule has 0 aliphatic carbocycles. The van der Waals surface area contributed by atoms with Crippen molar-refractivity contribution in [2.75, 3.05) is 19.0 Å². The summed E-state index contributed by atoms with van der Waals surface area (Å²) in [5.74, 6) is -0.349. The molecule has 154 valence electrons. The summed E-state index contributed by atoms with van der Waals surface area (Å²) in [4.78, 5) is 29.0. The zero-order valence-corrected chi connectivity index (χ0v) is 18.0. The molecule has 0 atom stereocenters. The number of carbonyl (C=O) groups excluding carboxylic acids is 2. The fourth-order valence-electron chi connectivity index (χ4n) is 3.37. The average molecular weight is 429 g/mol. The van der Waals surface area contributed by atoms with Crippen LogP contribution in [0.3, 0.4) is 0 Å². The summed E-state index contributed by atoms with van der Waals surface area (Å²) >= 11 is 0.919. The van der Waals surface area contributed by atoms with Crippen LogP contribution >= 0.6 is 11.8 Å². The van der Waals surface area contributed by atoms with Crippen LogP contribution in [-0.4, -0.2) is 34.7 Å². The highest BCUT2D eigenvalue weighted by molar-refractivity contribution is 8.18. The largest absolute Gasteiger partial charge is 0.378 e. The van der Waals surface area contributed by atoms with Crippen LogP contribution < -0.4 is 4.90 Å². The van der Waals surface area contributed by atoms with Gasteiger partial charge in [-0.3, -0.25) is 14.5 Å². The van der Waals surface area contributed by atoms with Gasteiger partial charge in [0.05, 0.1) is 23.1 Å². The van der Waals surface area contributed by atoms with Gasteiger partial charge in [-0.05, 0) is 65.9 Å². The molecule has 0 unspecified atom stereocenters. The Morgan fingerprint density at radius 3 is 2.48 bits per heavy atom. The minimum absolute atomic E-state index is 0.0821. The second kappa shape index (κ2) is 8.54. The number of aromatic nitrogens is 1. The first-order valence-corrected chi connectivity index (χ1v) is 10.5. The van der Waals surface area contributed by atoms with Crippen molar-refractivity contribution < 1.29 is 9.59 Å². The highest BCUT2D eigenvalue weighted by Crippen LogP contribution is 2.34. The standard InChI is InChI=1S/C24H20N4O2S/c1-26(2)19-9-11-20(12-10-19)27-13-5-8-21(27)14-22-23(29)28(24(30)31-22)16-18-7-4-3-6-17(18)15-25/h3-14H,16H2,1-2H3/b22-14+. The minimum Gasteiger partial charge on any atom is -0.378 e. The number of nitriles is 1. The van der Waals surface area contributed by atoms with Crippen molar-refractivity contribution in [2.24, 2.45) is 0 Å². The quantitative estimate of drug-likeness (QED) is 0.553. The molecule has 0 radical (unpaired) electrons. The van der Waals surface area contributed by atoms with Crippen LogP contribution in [0.5, 0.6) is 0 Å². The van der Waals surface area contributed by atoms with E-state index < -0.39 is 0 Å². The highest BCUT2D eigenvalue weighted by atomic mass is 32.2. The van der Waals surface area contributed by atoms with E-state index in [0.29, 0.717) is 16.0 Å². The Kier molecular flexibility index (Phi) is 5.65. The van der Waals surface area contributed by atoms with Gasteiger partial charge < -0.3 is 9.47 Å². The summed E-state index contributed by atoms with van der Waals surface area (Å²) in [6.45, 7) is 0.0821. The van der Waals surface area contributed by atoms with Crippen LogP contribution in [0.2, 0.25) is 0 Å². The highest BCUT2D eigenvalue weighted by Gasteiger charge is 2.35. The molecule has 1 saturated heterocycles. The SMILES string of the molecule is CN(C)c1ccc(-n2cccc2/C=C2/SC(=O)N(Cc3ccccc3C#N)C2=O)cc1. The van der Waals surface area contributed by atoms with Crippen LogP contribution in [0, 0.1) is 11.3 Å². The number of carbonyl (C=O) groups is 2. The lowest BCUT2D eigenvalue weighted by atomic mass is 10.1. The Bertz CT molecular complexity index is 1220. The van der Waals surface area contributed by atoms with Crippen molar-refractivity contribution in [2.45, 2.75) is 6.54 Å². The van der Waals surface area contributed by atoms with Crippen molar-refractivity contribution in [3.05, 3.63) is 88.6 Å². The first-order chi connectivity index (χ1) is 15.0. The Labute approximate surface area is 185 Å². The molecule has 4 rings (SSSR count). The van der Waals surface area contributed by atoms with Crippen LogP contribution in [0.1, 0.15) is 16.8 Å². The third kappa shape index (κ3) is 4.11. The summed E-state index contributed by atoms with van der Waals surface area (Å²) in [6, 6.07) is 21.0. The molecule has 0 N–H and O–H groups in total. The zero-order chi connectivity index (χ0) is 22.0. The summed E-state index contributed by atoms with van der Waals surface area (Å²) in [5.41, 5.74) is 3.97. The molecule has 1 fully saturated rings. The molecule has 7 heteroatoms. The maximum Gasteiger partial charge on any atom is 0.293 e.